The molecule has 1 fully saturated rings. The van der Waals surface area contributed by atoms with Gasteiger partial charge in [-0.1, -0.05) is 19.1 Å². The molecule has 1 aliphatic rings. The van der Waals surface area contributed by atoms with E-state index in [1.54, 1.807) is 0 Å². The van der Waals surface area contributed by atoms with Crippen molar-refractivity contribution in [2.24, 2.45) is 0 Å². The normalized spacial score (nSPS) is 29.2. The quantitative estimate of drug-likeness (QED) is 0.424. The second-order valence-corrected chi connectivity index (χ2v) is 4.82. The molecule has 0 unspecified atom stereocenters. The average molecular weight is 274 g/mol. The molecule has 0 aromatic rings. The van der Waals surface area contributed by atoms with Crippen LogP contribution in [0.4, 0.5) is 0 Å². The Labute approximate surface area is 114 Å². The lowest BCUT2D eigenvalue weighted by atomic mass is 10.1. The van der Waals surface area contributed by atoms with Crippen LogP contribution in [-0.2, 0) is 9.47 Å². The molecule has 0 aromatic heterocycles. The predicted octanol–water partition coefficient (Wildman–Crippen LogP) is 0.621. The summed E-state index contributed by atoms with van der Waals surface area (Å²) in [4.78, 5) is 0. The summed E-state index contributed by atoms with van der Waals surface area (Å²) in [7, 11) is 0. The van der Waals surface area contributed by atoms with Crippen LogP contribution < -0.4 is 0 Å². The van der Waals surface area contributed by atoms with E-state index in [9.17, 15) is 10.2 Å². The minimum Gasteiger partial charge on any atom is -0.394 e. The Morgan fingerprint density at radius 2 is 2.16 bits per heavy atom. The highest BCUT2D eigenvalue weighted by atomic mass is 16.6. The van der Waals surface area contributed by atoms with Crippen molar-refractivity contribution in [2.45, 2.75) is 57.0 Å². The van der Waals surface area contributed by atoms with Crippen molar-refractivity contribution in [2.75, 3.05) is 19.8 Å². The zero-order chi connectivity index (χ0) is 14.1. The first-order chi connectivity index (χ1) is 9.20. The number of aliphatic hydroxyl groups excluding tert-OH is 3. The predicted molar refractivity (Wildman–Crippen MR) is 71.9 cm³/mol. The van der Waals surface area contributed by atoms with Crippen LogP contribution in [0.1, 0.15) is 32.6 Å². The molecule has 0 spiro atoms. The first-order valence-electron chi connectivity index (χ1n) is 7.05. The van der Waals surface area contributed by atoms with Crippen LogP contribution in [0.25, 0.3) is 0 Å². The van der Waals surface area contributed by atoms with Gasteiger partial charge < -0.3 is 24.8 Å². The molecule has 5 nitrogen and oxygen atoms in total. The molecule has 0 aliphatic carbocycles. The highest BCUT2D eigenvalue weighted by molar-refractivity contribution is 4.88. The van der Waals surface area contributed by atoms with Crippen LogP contribution in [0.15, 0.2) is 12.2 Å². The lowest BCUT2D eigenvalue weighted by molar-refractivity contribution is -0.0730. The smallest absolute Gasteiger partial charge is 0.114 e. The Bertz CT molecular complexity index is 256. The molecule has 1 aliphatic heterocycles. The van der Waals surface area contributed by atoms with Gasteiger partial charge in [0.2, 0.25) is 0 Å². The van der Waals surface area contributed by atoms with E-state index >= 15 is 0 Å². The molecule has 19 heavy (non-hydrogen) atoms. The van der Waals surface area contributed by atoms with Crippen molar-refractivity contribution in [3.05, 3.63) is 12.2 Å². The summed E-state index contributed by atoms with van der Waals surface area (Å²) in [6, 6.07) is 0. The Morgan fingerprint density at radius 3 is 2.84 bits per heavy atom. The maximum absolute atomic E-state index is 9.89. The first-order valence-corrected chi connectivity index (χ1v) is 7.05. The number of aliphatic hydroxyl groups is 3. The van der Waals surface area contributed by atoms with Crippen molar-refractivity contribution in [3.63, 3.8) is 0 Å². The second kappa shape index (κ2) is 9.44. The van der Waals surface area contributed by atoms with Gasteiger partial charge in [-0.05, 0) is 25.7 Å². The largest absolute Gasteiger partial charge is 0.394 e. The number of ether oxygens (including phenoxy) is 2. The fraction of sp³-hybridized carbons (Fsp3) is 0.857. The molecule has 1 rings (SSSR count). The lowest BCUT2D eigenvalue weighted by Gasteiger charge is -2.20. The Morgan fingerprint density at radius 1 is 1.37 bits per heavy atom. The van der Waals surface area contributed by atoms with Gasteiger partial charge in [-0.2, -0.15) is 0 Å². The van der Waals surface area contributed by atoms with E-state index in [0.29, 0.717) is 6.61 Å². The summed E-state index contributed by atoms with van der Waals surface area (Å²) in [5.74, 6) is 0. The number of unbranched alkanes of at least 4 members (excludes halogenated alkanes) is 2. The molecule has 0 radical (unpaired) electrons. The van der Waals surface area contributed by atoms with Crippen molar-refractivity contribution in [1.82, 2.24) is 0 Å². The van der Waals surface area contributed by atoms with Gasteiger partial charge in [-0.15, -0.1) is 0 Å². The van der Waals surface area contributed by atoms with E-state index in [4.69, 9.17) is 14.6 Å². The van der Waals surface area contributed by atoms with E-state index in [-0.39, 0.29) is 6.61 Å². The summed E-state index contributed by atoms with van der Waals surface area (Å²) >= 11 is 0. The fourth-order valence-electron chi connectivity index (χ4n) is 2.09. The zero-order valence-corrected chi connectivity index (χ0v) is 11.6. The van der Waals surface area contributed by atoms with Crippen molar-refractivity contribution < 1.29 is 24.8 Å². The molecular weight excluding hydrogens is 248 g/mol. The standard InChI is InChI=1S/C14H26O5/c1-2-3-4-5-6-7-8-18-12-10-19-14(13(12)17)11(16)9-15/h3-4,11-17H,2,5-10H2,1H3/b4-3+/t11-,12+,13+,14+/m0/s1. The Hall–Kier alpha value is -0.460. The van der Waals surface area contributed by atoms with Crippen molar-refractivity contribution in [3.8, 4) is 0 Å². The van der Waals surface area contributed by atoms with Gasteiger partial charge in [0, 0.05) is 6.61 Å². The van der Waals surface area contributed by atoms with Crippen LogP contribution in [0, 0.1) is 0 Å². The average Bonchev–Trinajstić information content (AvgIpc) is 2.78. The highest BCUT2D eigenvalue weighted by Crippen LogP contribution is 2.20. The van der Waals surface area contributed by atoms with Crippen LogP contribution >= 0.6 is 0 Å². The molecule has 0 aromatic carbocycles. The van der Waals surface area contributed by atoms with E-state index in [0.717, 1.165) is 25.7 Å². The highest BCUT2D eigenvalue weighted by Gasteiger charge is 2.40. The molecular formula is C14H26O5. The molecule has 0 amide bonds. The summed E-state index contributed by atoms with van der Waals surface area (Å²) in [6.45, 7) is 2.53. The van der Waals surface area contributed by atoms with Crippen molar-refractivity contribution in [1.29, 1.82) is 0 Å². The molecule has 112 valence electrons. The van der Waals surface area contributed by atoms with Crippen LogP contribution in [0.3, 0.4) is 0 Å². The van der Waals surface area contributed by atoms with Crippen LogP contribution in [0.2, 0.25) is 0 Å². The maximum atomic E-state index is 9.89. The fourth-order valence-corrected chi connectivity index (χ4v) is 2.09. The summed E-state index contributed by atoms with van der Waals surface area (Å²) in [6.07, 6.45) is 5.35. The number of hydrogen-bond donors (Lipinski definition) is 3. The van der Waals surface area contributed by atoms with E-state index in [1.165, 1.54) is 0 Å². The monoisotopic (exact) mass is 274 g/mol. The van der Waals surface area contributed by atoms with Gasteiger partial charge >= 0.3 is 0 Å². The number of hydrogen-bond acceptors (Lipinski definition) is 5. The third kappa shape index (κ3) is 5.58. The van der Waals surface area contributed by atoms with Gasteiger partial charge in [-0.25, -0.2) is 0 Å². The third-order valence-electron chi connectivity index (χ3n) is 3.24. The lowest BCUT2D eigenvalue weighted by Crippen LogP contribution is -2.41. The SMILES string of the molecule is CC/C=C/CCCCO[C@@H]1CO[C@H]([C@@H](O)CO)[C@@H]1O. The maximum Gasteiger partial charge on any atom is 0.114 e. The summed E-state index contributed by atoms with van der Waals surface area (Å²) in [5.41, 5.74) is 0. The minimum absolute atomic E-state index is 0.263. The zero-order valence-electron chi connectivity index (χ0n) is 11.6. The molecule has 4 atom stereocenters. The number of allylic oxidation sites excluding steroid dienone is 2. The van der Waals surface area contributed by atoms with E-state index < -0.39 is 31.0 Å². The molecule has 0 saturated carbocycles. The van der Waals surface area contributed by atoms with Crippen LogP contribution in [-0.4, -0.2) is 59.6 Å². The molecule has 1 saturated heterocycles. The van der Waals surface area contributed by atoms with Gasteiger partial charge in [0.05, 0.1) is 13.2 Å². The van der Waals surface area contributed by atoms with E-state index in [1.807, 2.05) is 0 Å². The van der Waals surface area contributed by atoms with Crippen molar-refractivity contribution >= 4 is 0 Å². The summed E-state index contributed by atoms with van der Waals surface area (Å²) < 4.78 is 10.8. The van der Waals surface area contributed by atoms with Gasteiger partial charge in [0.25, 0.3) is 0 Å². The third-order valence-corrected chi connectivity index (χ3v) is 3.24. The Kier molecular flexibility index (Phi) is 8.25. The van der Waals surface area contributed by atoms with Crippen LogP contribution in [0.5, 0.6) is 0 Å². The first kappa shape index (κ1) is 16.6. The van der Waals surface area contributed by atoms with Gasteiger partial charge in [0.1, 0.15) is 24.4 Å². The molecule has 3 N–H and O–H groups in total. The topological polar surface area (TPSA) is 79.2 Å². The molecule has 5 heteroatoms. The van der Waals surface area contributed by atoms with Gasteiger partial charge in [0.15, 0.2) is 0 Å². The second-order valence-electron chi connectivity index (χ2n) is 4.82. The number of rotatable bonds is 9. The minimum atomic E-state index is -1.05. The molecule has 0 bridgehead atoms. The Balaban J connectivity index is 2.12. The summed E-state index contributed by atoms with van der Waals surface area (Å²) in [5, 5.41) is 28.2. The van der Waals surface area contributed by atoms with Gasteiger partial charge in [-0.3, -0.25) is 0 Å². The van der Waals surface area contributed by atoms with E-state index in [2.05, 4.69) is 19.1 Å². The molecule has 1 heterocycles.